The minimum absolute atomic E-state index is 0. The molecular weight excluding hydrogens is 252 g/mol. The first kappa shape index (κ1) is 15.0. The zero-order chi connectivity index (χ0) is 12.1. The average Bonchev–Trinajstić information content (AvgIpc) is 2.82. The van der Waals surface area contributed by atoms with Gasteiger partial charge in [-0.05, 0) is 32.5 Å². The molecule has 0 spiro atoms. The van der Waals surface area contributed by atoms with Crippen molar-refractivity contribution in [2.45, 2.75) is 6.42 Å². The molecule has 18 heavy (non-hydrogen) atoms. The van der Waals surface area contributed by atoms with E-state index in [9.17, 15) is 4.79 Å². The summed E-state index contributed by atoms with van der Waals surface area (Å²) in [5, 5.41) is 3.33. The highest BCUT2D eigenvalue weighted by Gasteiger charge is 2.18. The van der Waals surface area contributed by atoms with Gasteiger partial charge < -0.3 is 5.32 Å². The van der Waals surface area contributed by atoms with Gasteiger partial charge in [0.1, 0.15) is 5.69 Å². The summed E-state index contributed by atoms with van der Waals surface area (Å²) in [7, 11) is 1.98. The molecular formula is C12H19ClN4O. The van der Waals surface area contributed by atoms with Crippen molar-refractivity contribution in [3.05, 3.63) is 24.3 Å². The van der Waals surface area contributed by atoms with Crippen LogP contribution in [0.3, 0.4) is 0 Å². The van der Waals surface area contributed by atoms with Gasteiger partial charge in [-0.1, -0.05) is 0 Å². The number of Topliss-reactive ketones (excluding diaryl/α,β-unsaturated/α-hetero) is 1. The summed E-state index contributed by atoms with van der Waals surface area (Å²) < 4.78 is 0. The smallest absolute Gasteiger partial charge is 0.196 e. The van der Waals surface area contributed by atoms with E-state index >= 15 is 0 Å². The zero-order valence-corrected chi connectivity index (χ0v) is 11.3. The predicted molar refractivity (Wildman–Crippen MR) is 72.1 cm³/mol. The Kier molecular flexibility index (Phi) is 6.18. The molecule has 1 aromatic heterocycles. The number of rotatable bonds is 5. The lowest BCUT2D eigenvalue weighted by Gasteiger charge is -2.19. The van der Waals surface area contributed by atoms with Crippen molar-refractivity contribution in [2.24, 2.45) is 5.92 Å². The molecule has 1 unspecified atom stereocenters. The molecule has 0 aliphatic carbocycles. The van der Waals surface area contributed by atoms with E-state index in [-0.39, 0.29) is 18.2 Å². The Balaban J connectivity index is 0.00000162. The Labute approximate surface area is 113 Å². The molecule has 1 atom stereocenters. The first-order valence-corrected chi connectivity index (χ1v) is 5.94. The molecule has 1 aromatic rings. The fraction of sp³-hybridized carbons (Fsp3) is 0.583. The third kappa shape index (κ3) is 4.33. The summed E-state index contributed by atoms with van der Waals surface area (Å²) in [6.07, 6.45) is 5.84. The Morgan fingerprint density at radius 2 is 2.39 bits per heavy atom. The molecule has 1 aliphatic rings. The normalized spacial score (nSPS) is 18.7. The number of hydrogen-bond acceptors (Lipinski definition) is 5. The Morgan fingerprint density at radius 1 is 1.56 bits per heavy atom. The van der Waals surface area contributed by atoms with E-state index in [0.717, 1.165) is 19.6 Å². The number of ketones is 1. The first-order valence-electron chi connectivity index (χ1n) is 5.94. The lowest BCUT2D eigenvalue weighted by atomic mass is 10.1. The predicted octanol–water partition coefficient (Wildman–Crippen LogP) is 0.622. The molecule has 6 heteroatoms. The Hall–Kier alpha value is -1.04. The summed E-state index contributed by atoms with van der Waals surface area (Å²) >= 11 is 0. The van der Waals surface area contributed by atoms with Crippen LogP contribution in [0.1, 0.15) is 16.9 Å². The van der Waals surface area contributed by atoms with Gasteiger partial charge in [-0.3, -0.25) is 14.7 Å². The second-order valence-corrected chi connectivity index (χ2v) is 4.57. The maximum absolute atomic E-state index is 11.9. The van der Waals surface area contributed by atoms with Gasteiger partial charge in [-0.15, -0.1) is 12.4 Å². The lowest BCUT2D eigenvalue weighted by Crippen LogP contribution is -2.32. The molecule has 2 rings (SSSR count). The topological polar surface area (TPSA) is 58.1 Å². The van der Waals surface area contributed by atoms with Crippen molar-refractivity contribution in [1.82, 2.24) is 20.2 Å². The van der Waals surface area contributed by atoms with Crippen LogP contribution in [0.15, 0.2) is 18.6 Å². The molecule has 1 fully saturated rings. The van der Waals surface area contributed by atoms with Crippen molar-refractivity contribution in [1.29, 1.82) is 0 Å². The number of aromatic nitrogens is 2. The zero-order valence-electron chi connectivity index (χ0n) is 10.5. The van der Waals surface area contributed by atoms with Crippen molar-refractivity contribution in [2.75, 3.05) is 33.2 Å². The molecule has 1 saturated heterocycles. The third-order valence-corrected chi connectivity index (χ3v) is 2.99. The maximum atomic E-state index is 11.9. The van der Waals surface area contributed by atoms with Gasteiger partial charge in [-0.2, -0.15) is 0 Å². The quantitative estimate of drug-likeness (QED) is 0.795. The van der Waals surface area contributed by atoms with Crippen molar-refractivity contribution in [3.63, 3.8) is 0 Å². The molecule has 2 heterocycles. The van der Waals surface area contributed by atoms with Crippen LogP contribution in [0.5, 0.6) is 0 Å². The largest absolute Gasteiger partial charge is 0.316 e. The minimum Gasteiger partial charge on any atom is -0.316 e. The molecule has 1 aliphatic heterocycles. The molecule has 1 N–H and O–H groups in total. The average molecular weight is 271 g/mol. The number of likely N-dealkylation sites (N-methyl/N-ethyl adjacent to an activating group) is 1. The number of nitrogens with one attached hydrogen (secondary N) is 1. The number of halogens is 1. The standard InChI is InChI=1S/C12H18N4O.ClH/c1-16(8-10-2-3-13-6-10)9-12(17)11-7-14-4-5-15-11;/h4-5,7,10,13H,2-3,6,8-9H2,1H3;1H. The van der Waals surface area contributed by atoms with E-state index in [1.807, 2.05) is 7.05 Å². The first-order chi connectivity index (χ1) is 8.25. The highest BCUT2D eigenvalue weighted by atomic mass is 35.5. The lowest BCUT2D eigenvalue weighted by molar-refractivity contribution is 0.0934. The molecule has 0 saturated carbocycles. The van der Waals surface area contributed by atoms with Gasteiger partial charge in [-0.25, -0.2) is 4.98 Å². The second kappa shape index (κ2) is 7.41. The van der Waals surface area contributed by atoms with Gasteiger partial charge >= 0.3 is 0 Å². The summed E-state index contributed by atoms with van der Waals surface area (Å²) in [5.41, 5.74) is 0.448. The van der Waals surface area contributed by atoms with E-state index < -0.39 is 0 Å². The molecule has 0 bridgehead atoms. The van der Waals surface area contributed by atoms with Crippen LogP contribution >= 0.6 is 12.4 Å². The van der Waals surface area contributed by atoms with E-state index in [1.165, 1.54) is 12.6 Å². The minimum atomic E-state index is 0. The van der Waals surface area contributed by atoms with Crippen LogP contribution in [-0.2, 0) is 0 Å². The van der Waals surface area contributed by atoms with Crippen molar-refractivity contribution >= 4 is 18.2 Å². The van der Waals surface area contributed by atoms with Gasteiger partial charge in [0, 0.05) is 18.9 Å². The van der Waals surface area contributed by atoms with Gasteiger partial charge in [0.05, 0.1) is 12.7 Å². The Morgan fingerprint density at radius 3 is 3.00 bits per heavy atom. The van der Waals surface area contributed by atoms with Crippen LogP contribution in [0.4, 0.5) is 0 Å². The number of nitrogens with zero attached hydrogens (tertiary/aromatic N) is 3. The molecule has 0 radical (unpaired) electrons. The molecule has 0 amide bonds. The second-order valence-electron chi connectivity index (χ2n) is 4.57. The highest BCUT2D eigenvalue weighted by Crippen LogP contribution is 2.08. The number of carbonyl (C=O) groups is 1. The number of carbonyl (C=O) groups excluding carboxylic acids is 1. The van der Waals surface area contributed by atoms with Crippen LogP contribution in [0.25, 0.3) is 0 Å². The highest BCUT2D eigenvalue weighted by molar-refractivity contribution is 5.95. The van der Waals surface area contributed by atoms with Crippen LogP contribution in [0.2, 0.25) is 0 Å². The van der Waals surface area contributed by atoms with Crippen LogP contribution in [-0.4, -0.2) is 53.9 Å². The van der Waals surface area contributed by atoms with E-state index in [1.54, 1.807) is 12.4 Å². The third-order valence-electron chi connectivity index (χ3n) is 2.99. The summed E-state index contributed by atoms with van der Waals surface area (Å²) in [4.78, 5) is 21.9. The SMILES string of the molecule is CN(CC(=O)c1cnccn1)CC1CCNC1.Cl. The fourth-order valence-electron chi connectivity index (χ4n) is 2.14. The maximum Gasteiger partial charge on any atom is 0.196 e. The van der Waals surface area contributed by atoms with Crippen LogP contribution in [0, 0.1) is 5.92 Å². The summed E-state index contributed by atoms with van der Waals surface area (Å²) in [5.74, 6) is 0.696. The fourth-order valence-corrected chi connectivity index (χ4v) is 2.14. The monoisotopic (exact) mass is 270 g/mol. The van der Waals surface area contributed by atoms with E-state index in [2.05, 4.69) is 20.2 Å². The molecule has 5 nitrogen and oxygen atoms in total. The number of hydrogen-bond donors (Lipinski definition) is 1. The molecule has 0 aromatic carbocycles. The van der Waals surface area contributed by atoms with E-state index in [4.69, 9.17) is 0 Å². The molecule has 100 valence electrons. The summed E-state index contributed by atoms with van der Waals surface area (Å²) in [6.45, 7) is 3.52. The van der Waals surface area contributed by atoms with E-state index in [0.29, 0.717) is 18.2 Å². The van der Waals surface area contributed by atoms with Crippen molar-refractivity contribution in [3.8, 4) is 0 Å². The van der Waals surface area contributed by atoms with Gasteiger partial charge in [0.2, 0.25) is 0 Å². The van der Waals surface area contributed by atoms with Gasteiger partial charge in [0.15, 0.2) is 5.78 Å². The van der Waals surface area contributed by atoms with Gasteiger partial charge in [0.25, 0.3) is 0 Å². The van der Waals surface area contributed by atoms with Crippen LogP contribution < -0.4 is 5.32 Å². The Bertz CT molecular complexity index is 368. The summed E-state index contributed by atoms with van der Waals surface area (Å²) in [6, 6.07) is 0. The van der Waals surface area contributed by atoms with Crippen molar-refractivity contribution < 1.29 is 4.79 Å².